The molecule has 0 aliphatic rings. The fourth-order valence-corrected chi connectivity index (χ4v) is 2.34. The molecule has 0 radical (unpaired) electrons. The average molecular weight is 253 g/mol. The second-order valence-electron chi connectivity index (χ2n) is 5.28. The molecule has 19 heavy (non-hydrogen) atoms. The smallest absolute Gasteiger partial charge is 0.00747 e. The highest BCUT2D eigenvalue weighted by atomic mass is 14.5. The Morgan fingerprint density at radius 1 is 0.842 bits per heavy atom. The second kappa shape index (κ2) is 7.10. The first-order valence-electron chi connectivity index (χ1n) is 7.14. The van der Waals surface area contributed by atoms with Crippen LogP contribution in [0.4, 0.5) is 0 Å². The summed E-state index contributed by atoms with van der Waals surface area (Å²) in [5.74, 6) is 0.721. The lowest BCUT2D eigenvalue weighted by Crippen LogP contribution is -2.06. The minimum Gasteiger partial charge on any atom is -0.330 e. The van der Waals surface area contributed by atoms with Crippen LogP contribution in [0.2, 0.25) is 0 Å². The van der Waals surface area contributed by atoms with Gasteiger partial charge in [0, 0.05) is 0 Å². The molecular weight excluding hydrogens is 230 g/mol. The van der Waals surface area contributed by atoms with Gasteiger partial charge < -0.3 is 5.73 Å². The van der Waals surface area contributed by atoms with Gasteiger partial charge in [-0.2, -0.15) is 0 Å². The Morgan fingerprint density at radius 3 is 2.11 bits per heavy atom. The van der Waals surface area contributed by atoms with Crippen molar-refractivity contribution in [2.75, 3.05) is 6.54 Å². The molecule has 1 atom stereocenters. The van der Waals surface area contributed by atoms with Crippen LogP contribution in [0.15, 0.2) is 54.6 Å². The summed E-state index contributed by atoms with van der Waals surface area (Å²) < 4.78 is 0. The normalized spacial score (nSPS) is 12.3. The molecule has 0 amide bonds. The lowest BCUT2D eigenvalue weighted by atomic mass is 9.97. The van der Waals surface area contributed by atoms with Gasteiger partial charge in [-0.05, 0) is 48.4 Å². The average Bonchev–Trinajstić information content (AvgIpc) is 2.47. The topological polar surface area (TPSA) is 26.0 Å². The predicted molar refractivity (Wildman–Crippen MR) is 83.0 cm³/mol. The van der Waals surface area contributed by atoms with E-state index in [2.05, 4.69) is 61.5 Å². The van der Waals surface area contributed by atoms with Crippen LogP contribution in [0, 0.1) is 5.92 Å². The van der Waals surface area contributed by atoms with E-state index in [1.807, 2.05) is 0 Å². The Labute approximate surface area is 116 Å². The molecule has 2 rings (SSSR count). The van der Waals surface area contributed by atoms with Crippen molar-refractivity contribution in [3.8, 4) is 11.1 Å². The first-order valence-corrected chi connectivity index (χ1v) is 7.14. The molecule has 1 heteroatoms. The maximum absolute atomic E-state index is 5.58. The summed E-state index contributed by atoms with van der Waals surface area (Å²) in [7, 11) is 0. The minimum atomic E-state index is 0.721. The standard InChI is InChI=1S/C18H23N/c1-15(13-14-19)7-8-16-9-11-18(12-10-16)17-5-3-2-4-6-17/h2-6,9-12,15H,7-8,13-14,19H2,1H3. The van der Waals surface area contributed by atoms with Gasteiger partial charge in [0.15, 0.2) is 0 Å². The van der Waals surface area contributed by atoms with Crippen molar-refractivity contribution in [1.82, 2.24) is 0 Å². The number of hydrogen-bond acceptors (Lipinski definition) is 1. The second-order valence-corrected chi connectivity index (χ2v) is 5.28. The van der Waals surface area contributed by atoms with Crippen molar-refractivity contribution in [1.29, 1.82) is 0 Å². The van der Waals surface area contributed by atoms with Crippen molar-refractivity contribution >= 4 is 0 Å². The van der Waals surface area contributed by atoms with E-state index in [9.17, 15) is 0 Å². The molecule has 0 saturated heterocycles. The highest BCUT2D eigenvalue weighted by Gasteiger charge is 2.02. The zero-order valence-corrected chi connectivity index (χ0v) is 11.7. The summed E-state index contributed by atoms with van der Waals surface area (Å²) in [6.45, 7) is 3.08. The number of hydrogen-bond donors (Lipinski definition) is 1. The summed E-state index contributed by atoms with van der Waals surface area (Å²) in [6, 6.07) is 19.5. The van der Waals surface area contributed by atoms with Crippen LogP contribution in [-0.4, -0.2) is 6.54 Å². The molecule has 0 fully saturated rings. The van der Waals surface area contributed by atoms with Crippen molar-refractivity contribution in [2.45, 2.75) is 26.2 Å². The van der Waals surface area contributed by atoms with Gasteiger partial charge in [0.2, 0.25) is 0 Å². The third kappa shape index (κ3) is 4.22. The van der Waals surface area contributed by atoms with Gasteiger partial charge in [0.25, 0.3) is 0 Å². The lowest BCUT2D eigenvalue weighted by molar-refractivity contribution is 0.500. The molecule has 2 N–H and O–H groups in total. The molecule has 0 heterocycles. The first kappa shape index (κ1) is 13.8. The molecular formula is C18H23N. The molecule has 0 aliphatic heterocycles. The van der Waals surface area contributed by atoms with Gasteiger partial charge in [-0.15, -0.1) is 0 Å². The zero-order chi connectivity index (χ0) is 13.5. The fraction of sp³-hybridized carbons (Fsp3) is 0.333. The Morgan fingerprint density at radius 2 is 1.47 bits per heavy atom. The van der Waals surface area contributed by atoms with Crippen molar-refractivity contribution in [3.05, 3.63) is 60.2 Å². The monoisotopic (exact) mass is 253 g/mol. The van der Waals surface area contributed by atoms with Gasteiger partial charge in [-0.1, -0.05) is 61.5 Å². The summed E-state index contributed by atoms with van der Waals surface area (Å²) in [4.78, 5) is 0. The molecule has 2 aromatic carbocycles. The van der Waals surface area contributed by atoms with Crippen LogP contribution in [0.1, 0.15) is 25.3 Å². The van der Waals surface area contributed by atoms with E-state index in [0.717, 1.165) is 25.3 Å². The van der Waals surface area contributed by atoms with E-state index >= 15 is 0 Å². The van der Waals surface area contributed by atoms with Crippen LogP contribution < -0.4 is 5.73 Å². The summed E-state index contributed by atoms with van der Waals surface area (Å²) in [6.07, 6.45) is 3.50. The predicted octanol–water partition coefficient (Wildman–Crippen LogP) is 4.27. The SMILES string of the molecule is CC(CCN)CCc1ccc(-c2ccccc2)cc1. The van der Waals surface area contributed by atoms with Crippen LogP contribution in [0.25, 0.3) is 11.1 Å². The Balaban J connectivity index is 1.95. The summed E-state index contributed by atoms with van der Waals surface area (Å²) in [5, 5.41) is 0. The number of nitrogens with two attached hydrogens (primary N) is 1. The van der Waals surface area contributed by atoms with Gasteiger partial charge in [-0.3, -0.25) is 0 Å². The molecule has 1 nitrogen and oxygen atoms in total. The maximum Gasteiger partial charge on any atom is -0.00747 e. The van der Waals surface area contributed by atoms with E-state index in [-0.39, 0.29) is 0 Å². The Bertz CT molecular complexity index is 473. The van der Waals surface area contributed by atoms with Crippen LogP contribution in [0.5, 0.6) is 0 Å². The lowest BCUT2D eigenvalue weighted by Gasteiger charge is -2.10. The van der Waals surface area contributed by atoms with E-state index < -0.39 is 0 Å². The van der Waals surface area contributed by atoms with Crippen LogP contribution in [-0.2, 0) is 6.42 Å². The van der Waals surface area contributed by atoms with Gasteiger partial charge in [0.1, 0.15) is 0 Å². The molecule has 2 aromatic rings. The highest BCUT2D eigenvalue weighted by Crippen LogP contribution is 2.20. The molecule has 0 spiro atoms. The van der Waals surface area contributed by atoms with Crippen molar-refractivity contribution < 1.29 is 0 Å². The molecule has 0 aliphatic carbocycles. The Hall–Kier alpha value is -1.60. The number of aryl methyl sites for hydroxylation is 1. The van der Waals surface area contributed by atoms with E-state index in [0.29, 0.717) is 0 Å². The molecule has 1 unspecified atom stereocenters. The summed E-state index contributed by atoms with van der Waals surface area (Å²) >= 11 is 0. The van der Waals surface area contributed by atoms with E-state index in [1.54, 1.807) is 0 Å². The van der Waals surface area contributed by atoms with E-state index in [1.165, 1.54) is 23.1 Å². The maximum atomic E-state index is 5.58. The molecule has 0 aromatic heterocycles. The first-order chi connectivity index (χ1) is 9.29. The minimum absolute atomic E-state index is 0.721. The summed E-state index contributed by atoms with van der Waals surface area (Å²) in [5.41, 5.74) is 9.58. The number of benzene rings is 2. The largest absolute Gasteiger partial charge is 0.330 e. The van der Waals surface area contributed by atoms with Crippen LogP contribution in [0.3, 0.4) is 0 Å². The zero-order valence-electron chi connectivity index (χ0n) is 11.7. The third-order valence-electron chi connectivity index (χ3n) is 3.65. The van der Waals surface area contributed by atoms with Crippen molar-refractivity contribution in [2.24, 2.45) is 11.7 Å². The molecule has 0 bridgehead atoms. The quantitative estimate of drug-likeness (QED) is 0.817. The van der Waals surface area contributed by atoms with E-state index in [4.69, 9.17) is 5.73 Å². The van der Waals surface area contributed by atoms with Gasteiger partial charge in [0.05, 0.1) is 0 Å². The van der Waals surface area contributed by atoms with Crippen LogP contribution >= 0.6 is 0 Å². The van der Waals surface area contributed by atoms with Gasteiger partial charge >= 0.3 is 0 Å². The third-order valence-corrected chi connectivity index (χ3v) is 3.65. The fourth-order valence-electron chi connectivity index (χ4n) is 2.34. The number of rotatable bonds is 6. The molecule has 100 valence electrons. The highest BCUT2D eigenvalue weighted by molar-refractivity contribution is 5.63. The Kier molecular flexibility index (Phi) is 5.17. The van der Waals surface area contributed by atoms with Crippen molar-refractivity contribution in [3.63, 3.8) is 0 Å². The molecule has 0 saturated carbocycles. The van der Waals surface area contributed by atoms with Gasteiger partial charge in [-0.25, -0.2) is 0 Å².